The van der Waals surface area contributed by atoms with Crippen molar-refractivity contribution >= 4 is 28.2 Å². The number of pyridine rings is 1. The normalized spacial score (nSPS) is 18.8. The lowest BCUT2D eigenvalue weighted by Crippen LogP contribution is -2.22. The lowest BCUT2D eigenvalue weighted by Gasteiger charge is -2.21. The SMILES string of the molecule is N#Cc1cnc2ccc(Cl)cc2c1N1CC[C@@H](O)C1. The Morgan fingerprint density at radius 3 is 3.00 bits per heavy atom. The fourth-order valence-electron chi connectivity index (χ4n) is 2.52. The van der Waals surface area contributed by atoms with Crippen molar-refractivity contribution in [1.29, 1.82) is 5.26 Å². The predicted octanol–water partition coefficient (Wildman–Crippen LogP) is 2.33. The molecular formula is C14H12ClN3O. The molecule has 0 amide bonds. The lowest BCUT2D eigenvalue weighted by atomic mass is 10.1. The first-order valence-electron chi connectivity index (χ1n) is 6.10. The van der Waals surface area contributed by atoms with Gasteiger partial charge in [-0.3, -0.25) is 4.98 Å². The van der Waals surface area contributed by atoms with Crippen LogP contribution < -0.4 is 4.90 Å². The van der Waals surface area contributed by atoms with Crippen molar-refractivity contribution in [3.05, 3.63) is 35.0 Å². The van der Waals surface area contributed by atoms with E-state index in [4.69, 9.17) is 11.6 Å². The second kappa shape index (κ2) is 4.69. The van der Waals surface area contributed by atoms with Crippen LogP contribution in [-0.4, -0.2) is 29.3 Å². The van der Waals surface area contributed by atoms with Crippen molar-refractivity contribution < 1.29 is 5.11 Å². The van der Waals surface area contributed by atoms with Gasteiger partial charge in [0.2, 0.25) is 0 Å². The van der Waals surface area contributed by atoms with Crippen LogP contribution in [0.15, 0.2) is 24.4 Å². The quantitative estimate of drug-likeness (QED) is 0.866. The molecule has 4 nitrogen and oxygen atoms in total. The van der Waals surface area contributed by atoms with Crippen molar-refractivity contribution in [1.82, 2.24) is 4.98 Å². The molecule has 1 atom stereocenters. The van der Waals surface area contributed by atoms with Gasteiger partial charge in [0.05, 0.1) is 22.9 Å². The molecule has 2 heterocycles. The van der Waals surface area contributed by atoms with Crippen molar-refractivity contribution in [3.63, 3.8) is 0 Å². The number of β-amino-alcohol motifs (C(OH)–C–C–N with tert-alkyl or cyclic N) is 1. The van der Waals surface area contributed by atoms with Gasteiger partial charge in [-0.1, -0.05) is 11.6 Å². The van der Waals surface area contributed by atoms with Crippen LogP contribution in [0.3, 0.4) is 0 Å². The van der Waals surface area contributed by atoms with E-state index in [0.29, 0.717) is 17.1 Å². The first kappa shape index (κ1) is 12.2. The third kappa shape index (κ3) is 2.12. The van der Waals surface area contributed by atoms with E-state index < -0.39 is 0 Å². The number of aromatic nitrogens is 1. The van der Waals surface area contributed by atoms with E-state index in [1.807, 2.05) is 17.0 Å². The minimum Gasteiger partial charge on any atom is -0.391 e. The molecule has 2 aromatic rings. The van der Waals surface area contributed by atoms with Crippen LogP contribution in [0.25, 0.3) is 10.9 Å². The van der Waals surface area contributed by atoms with Gasteiger partial charge in [-0.15, -0.1) is 0 Å². The van der Waals surface area contributed by atoms with Gasteiger partial charge in [-0.25, -0.2) is 0 Å². The molecule has 0 radical (unpaired) electrons. The summed E-state index contributed by atoms with van der Waals surface area (Å²) in [5, 5.41) is 20.4. The zero-order chi connectivity index (χ0) is 13.4. The molecule has 0 spiro atoms. The molecule has 3 rings (SSSR count). The molecule has 1 aromatic carbocycles. The minimum absolute atomic E-state index is 0.339. The third-order valence-corrected chi connectivity index (χ3v) is 3.64. The number of aliphatic hydroxyl groups is 1. The Morgan fingerprint density at radius 2 is 2.32 bits per heavy atom. The molecule has 5 heteroatoms. The van der Waals surface area contributed by atoms with Gasteiger partial charge in [-0.2, -0.15) is 5.26 Å². The van der Waals surface area contributed by atoms with Crippen molar-refractivity contribution in [2.75, 3.05) is 18.0 Å². The highest BCUT2D eigenvalue weighted by atomic mass is 35.5. The summed E-state index contributed by atoms with van der Waals surface area (Å²) in [6.07, 6.45) is 1.96. The molecule has 1 aromatic heterocycles. The summed E-state index contributed by atoms with van der Waals surface area (Å²) in [7, 11) is 0. The van der Waals surface area contributed by atoms with E-state index in [-0.39, 0.29) is 6.10 Å². The molecule has 0 bridgehead atoms. The van der Waals surface area contributed by atoms with E-state index in [1.54, 1.807) is 12.3 Å². The van der Waals surface area contributed by atoms with Crippen LogP contribution in [0.2, 0.25) is 5.02 Å². The van der Waals surface area contributed by atoms with Crippen molar-refractivity contribution in [2.24, 2.45) is 0 Å². The number of hydrogen-bond acceptors (Lipinski definition) is 4. The topological polar surface area (TPSA) is 60.2 Å². The monoisotopic (exact) mass is 273 g/mol. The van der Waals surface area contributed by atoms with Gasteiger partial charge >= 0.3 is 0 Å². The number of halogens is 1. The molecule has 1 fully saturated rings. The average molecular weight is 274 g/mol. The number of anilines is 1. The Morgan fingerprint density at radius 1 is 1.47 bits per heavy atom. The molecule has 1 saturated heterocycles. The van der Waals surface area contributed by atoms with E-state index in [9.17, 15) is 10.4 Å². The first-order valence-corrected chi connectivity index (χ1v) is 6.48. The standard InChI is InChI=1S/C14H12ClN3O/c15-10-1-2-13-12(5-10)14(9(6-16)7-17-13)18-4-3-11(19)8-18/h1-2,5,7,11,19H,3-4,8H2/t11-/m1/s1. The molecule has 1 aliphatic rings. The molecule has 19 heavy (non-hydrogen) atoms. The number of nitriles is 1. The number of benzene rings is 1. The van der Waals surface area contributed by atoms with Gasteiger partial charge < -0.3 is 10.0 Å². The number of rotatable bonds is 1. The summed E-state index contributed by atoms with van der Waals surface area (Å²) in [4.78, 5) is 6.31. The number of hydrogen-bond donors (Lipinski definition) is 1. The van der Waals surface area contributed by atoms with E-state index in [0.717, 1.165) is 29.6 Å². The number of fused-ring (bicyclic) bond motifs is 1. The summed E-state index contributed by atoms with van der Waals surface area (Å²) in [6.45, 7) is 1.28. The van der Waals surface area contributed by atoms with Gasteiger partial charge in [0.1, 0.15) is 6.07 Å². The zero-order valence-electron chi connectivity index (χ0n) is 10.2. The fourth-order valence-corrected chi connectivity index (χ4v) is 2.69. The van der Waals surface area contributed by atoms with E-state index in [1.165, 1.54) is 0 Å². The fraction of sp³-hybridized carbons (Fsp3) is 0.286. The van der Waals surface area contributed by atoms with Crippen LogP contribution in [0.4, 0.5) is 5.69 Å². The molecule has 1 aliphatic heterocycles. The Bertz CT molecular complexity index is 680. The summed E-state index contributed by atoms with van der Waals surface area (Å²) in [5.74, 6) is 0. The molecule has 0 saturated carbocycles. The molecular weight excluding hydrogens is 262 g/mol. The highest BCUT2D eigenvalue weighted by Gasteiger charge is 2.24. The maximum atomic E-state index is 9.68. The summed E-state index contributed by atoms with van der Waals surface area (Å²) >= 11 is 6.04. The predicted molar refractivity (Wildman–Crippen MR) is 74.3 cm³/mol. The van der Waals surface area contributed by atoms with Gasteiger partial charge in [0, 0.05) is 29.7 Å². The van der Waals surface area contributed by atoms with Crippen LogP contribution >= 0.6 is 11.6 Å². The Hall–Kier alpha value is -1.83. The largest absolute Gasteiger partial charge is 0.391 e. The second-order valence-corrected chi connectivity index (χ2v) is 5.12. The lowest BCUT2D eigenvalue weighted by molar-refractivity contribution is 0.198. The van der Waals surface area contributed by atoms with Crippen LogP contribution in [0.5, 0.6) is 0 Å². The Balaban J connectivity index is 2.24. The van der Waals surface area contributed by atoms with Crippen molar-refractivity contribution in [3.8, 4) is 6.07 Å². The zero-order valence-corrected chi connectivity index (χ0v) is 10.9. The molecule has 1 N–H and O–H groups in total. The number of aliphatic hydroxyl groups excluding tert-OH is 1. The Labute approximate surface area is 115 Å². The maximum absolute atomic E-state index is 9.68. The van der Waals surface area contributed by atoms with Gasteiger partial charge in [0.25, 0.3) is 0 Å². The van der Waals surface area contributed by atoms with Crippen molar-refractivity contribution in [2.45, 2.75) is 12.5 Å². The first-order chi connectivity index (χ1) is 9.19. The third-order valence-electron chi connectivity index (χ3n) is 3.40. The van der Waals surface area contributed by atoms with Gasteiger partial charge in [0.15, 0.2) is 0 Å². The minimum atomic E-state index is -0.339. The highest BCUT2D eigenvalue weighted by molar-refractivity contribution is 6.31. The smallest absolute Gasteiger partial charge is 0.103 e. The van der Waals surface area contributed by atoms with Gasteiger partial charge in [-0.05, 0) is 24.6 Å². The Kier molecular flexibility index (Phi) is 3.02. The van der Waals surface area contributed by atoms with Crippen LogP contribution in [-0.2, 0) is 0 Å². The second-order valence-electron chi connectivity index (χ2n) is 4.68. The van der Waals surface area contributed by atoms with Crippen LogP contribution in [0.1, 0.15) is 12.0 Å². The summed E-state index contributed by atoms with van der Waals surface area (Å²) in [5.41, 5.74) is 2.15. The van der Waals surface area contributed by atoms with E-state index >= 15 is 0 Å². The number of nitrogens with zero attached hydrogens (tertiary/aromatic N) is 3. The summed E-state index contributed by atoms with van der Waals surface area (Å²) < 4.78 is 0. The maximum Gasteiger partial charge on any atom is 0.103 e. The average Bonchev–Trinajstić information content (AvgIpc) is 2.83. The van der Waals surface area contributed by atoms with E-state index in [2.05, 4.69) is 11.1 Å². The molecule has 0 aliphatic carbocycles. The van der Waals surface area contributed by atoms with Crippen LogP contribution in [0, 0.1) is 11.3 Å². The summed E-state index contributed by atoms with van der Waals surface area (Å²) in [6, 6.07) is 7.62. The molecule has 0 unspecified atom stereocenters. The molecule has 96 valence electrons. The highest BCUT2D eigenvalue weighted by Crippen LogP contribution is 2.33.